The second kappa shape index (κ2) is 21.7. The monoisotopic (exact) mass is 606 g/mol. The lowest BCUT2D eigenvalue weighted by Crippen LogP contribution is -2.33. The lowest BCUT2D eigenvalue weighted by atomic mass is 10.0. The van der Waals surface area contributed by atoms with Crippen LogP contribution in [0.5, 0.6) is 0 Å². The number of hydrogen-bond donors (Lipinski definition) is 2. The molecule has 2 fully saturated rings. The summed E-state index contributed by atoms with van der Waals surface area (Å²) in [7, 11) is 0. The number of carbonyl (C=O) groups is 1. The second-order valence-electron chi connectivity index (χ2n) is 13.9. The van der Waals surface area contributed by atoms with Crippen LogP contribution in [0.15, 0.2) is 11.6 Å². The van der Waals surface area contributed by atoms with Crippen LogP contribution in [0, 0.1) is 0 Å². The van der Waals surface area contributed by atoms with E-state index in [9.17, 15) is 15.0 Å². The summed E-state index contributed by atoms with van der Waals surface area (Å²) in [6, 6.07) is 0. The van der Waals surface area contributed by atoms with Crippen LogP contribution in [-0.2, 0) is 19.0 Å². The fraction of sp³-hybridized carbons (Fsp3) is 0.919. The topological polar surface area (TPSA) is 85.2 Å². The molecule has 6 nitrogen and oxygen atoms in total. The maximum atomic E-state index is 11.6. The van der Waals surface area contributed by atoms with Crippen molar-refractivity contribution in [1.82, 2.24) is 0 Å². The normalized spacial score (nSPS) is 27.0. The molecule has 250 valence electrons. The molecule has 0 aromatic rings. The number of cyclic esters (lactones) is 1. The zero-order chi connectivity index (χ0) is 30.7. The minimum absolute atomic E-state index is 0.0466. The van der Waals surface area contributed by atoms with Crippen molar-refractivity contribution in [2.24, 2.45) is 0 Å². The molecule has 0 amide bonds. The number of hydrogen-bond acceptors (Lipinski definition) is 6. The third-order valence-corrected chi connectivity index (χ3v) is 9.98. The first kappa shape index (κ1) is 36.5. The fourth-order valence-electron chi connectivity index (χ4n) is 7.25. The highest BCUT2D eigenvalue weighted by Gasteiger charge is 2.40. The minimum Gasteiger partial charge on any atom is -0.455 e. The smallest absolute Gasteiger partial charge is 0.334 e. The van der Waals surface area contributed by atoms with Gasteiger partial charge in [-0.25, -0.2) is 4.79 Å². The first-order chi connectivity index (χ1) is 21.0. The second-order valence-corrected chi connectivity index (χ2v) is 13.9. The Morgan fingerprint density at radius 1 is 0.651 bits per heavy atom. The first-order valence-corrected chi connectivity index (χ1v) is 18.6. The maximum Gasteiger partial charge on any atom is 0.334 e. The van der Waals surface area contributed by atoms with E-state index >= 15 is 0 Å². The van der Waals surface area contributed by atoms with E-state index in [1.165, 1.54) is 96.3 Å². The SMILES string of the molecule is CCCCCCCCCC[C@@H](O)[C@@H]1CC[C@H]([C@H]2CC[C@H]([C@H](O)CCCCCCCCCCCCC3=C[C@H](C)OC3=O)O2)O1. The Hall–Kier alpha value is -0.950. The van der Waals surface area contributed by atoms with Crippen LogP contribution in [0.1, 0.15) is 174 Å². The van der Waals surface area contributed by atoms with Crippen LogP contribution >= 0.6 is 0 Å². The Kier molecular flexibility index (Phi) is 18.5. The summed E-state index contributed by atoms with van der Waals surface area (Å²) in [6.07, 6.45) is 29.9. The third kappa shape index (κ3) is 14.3. The van der Waals surface area contributed by atoms with Gasteiger partial charge < -0.3 is 24.4 Å². The van der Waals surface area contributed by atoms with Gasteiger partial charge in [0, 0.05) is 5.57 Å². The zero-order valence-electron chi connectivity index (χ0n) is 27.8. The van der Waals surface area contributed by atoms with Crippen molar-refractivity contribution in [3.05, 3.63) is 11.6 Å². The summed E-state index contributed by atoms with van der Waals surface area (Å²) in [5.74, 6) is -0.118. The molecule has 3 heterocycles. The van der Waals surface area contributed by atoms with Crippen molar-refractivity contribution in [1.29, 1.82) is 0 Å². The largest absolute Gasteiger partial charge is 0.455 e. The summed E-state index contributed by atoms with van der Waals surface area (Å²) in [5, 5.41) is 21.4. The van der Waals surface area contributed by atoms with Crippen molar-refractivity contribution in [3.8, 4) is 0 Å². The molecular weight excluding hydrogens is 540 g/mol. The lowest BCUT2D eigenvalue weighted by Gasteiger charge is -2.24. The highest BCUT2D eigenvalue weighted by atomic mass is 16.6. The van der Waals surface area contributed by atoms with Gasteiger partial charge in [-0.05, 0) is 64.4 Å². The molecular formula is C37H66O6. The molecule has 0 aromatic heterocycles. The average Bonchev–Trinajstić information content (AvgIpc) is 3.75. The minimum atomic E-state index is -0.375. The van der Waals surface area contributed by atoms with E-state index in [1.807, 2.05) is 13.0 Å². The molecule has 43 heavy (non-hydrogen) atoms. The average molecular weight is 607 g/mol. The summed E-state index contributed by atoms with van der Waals surface area (Å²) in [6.45, 7) is 4.17. The van der Waals surface area contributed by atoms with Gasteiger partial charge >= 0.3 is 5.97 Å². The van der Waals surface area contributed by atoms with Crippen molar-refractivity contribution >= 4 is 5.97 Å². The van der Waals surface area contributed by atoms with Gasteiger partial charge in [-0.3, -0.25) is 0 Å². The van der Waals surface area contributed by atoms with Gasteiger partial charge in [0.1, 0.15) is 6.10 Å². The van der Waals surface area contributed by atoms with Gasteiger partial charge in [0.25, 0.3) is 0 Å². The molecule has 0 radical (unpaired) electrons. The van der Waals surface area contributed by atoms with E-state index in [-0.39, 0.29) is 48.7 Å². The predicted octanol–water partition coefficient (Wildman–Crippen LogP) is 8.89. The number of carbonyl (C=O) groups excluding carboxylic acids is 1. The van der Waals surface area contributed by atoms with Crippen LogP contribution < -0.4 is 0 Å². The number of ether oxygens (including phenoxy) is 3. The standard InChI is InChI=1S/C37H66O6/c1-3-4-5-6-7-13-16-19-22-31(38)33-24-26-35(42-33)36-27-25-34(43-36)32(39)23-20-17-14-11-9-8-10-12-15-18-21-30-28-29(2)41-37(30)40/h28-29,31-36,38-39H,3-27H2,1-2H3/t29-,31+,32+,33-,34+,35+,36+/m0/s1. The van der Waals surface area contributed by atoms with Crippen LogP contribution in [0.2, 0.25) is 0 Å². The molecule has 7 atom stereocenters. The van der Waals surface area contributed by atoms with Gasteiger partial charge in [-0.1, -0.05) is 116 Å². The van der Waals surface area contributed by atoms with Gasteiger partial charge in [0.15, 0.2) is 0 Å². The first-order valence-electron chi connectivity index (χ1n) is 18.6. The zero-order valence-corrected chi connectivity index (χ0v) is 27.8. The van der Waals surface area contributed by atoms with E-state index in [2.05, 4.69) is 6.92 Å². The molecule has 3 aliphatic heterocycles. The molecule has 3 rings (SSSR count). The molecule has 3 aliphatic rings. The Bertz CT molecular complexity index is 768. The molecule has 0 aromatic carbocycles. The summed E-state index contributed by atoms with van der Waals surface area (Å²) in [5.41, 5.74) is 0.869. The number of aliphatic hydroxyl groups excluding tert-OH is 2. The maximum absolute atomic E-state index is 11.6. The molecule has 0 bridgehead atoms. The van der Waals surface area contributed by atoms with Crippen molar-refractivity contribution < 1.29 is 29.2 Å². The number of esters is 1. The van der Waals surface area contributed by atoms with Crippen molar-refractivity contribution in [3.63, 3.8) is 0 Å². The van der Waals surface area contributed by atoms with E-state index in [0.717, 1.165) is 69.8 Å². The van der Waals surface area contributed by atoms with E-state index in [4.69, 9.17) is 14.2 Å². The Labute approximate surface area is 263 Å². The number of rotatable bonds is 25. The van der Waals surface area contributed by atoms with Gasteiger partial charge in [0.2, 0.25) is 0 Å². The number of unbranched alkanes of at least 4 members (excludes halogenated alkanes) is 16. The highest BCUT2D eigenvalue weighted by Crippen LogP contribution is 2.34. The third-order valence-electron chi connectivity index (χ3n) is 9.98. The Morgan fingerprint density at radius 2 is 1.07 bits per heavy atom. The van der Waals surface area contributed by atoms with Crippen LogP contribution in [-0.4, -0.2) is 58.9 Å². The molecule has 0 spiro atoms. The summed E-state index contributed by atoms with van der Waals surface area (Å²) >= 11 is 0. The summed E-state index contributed by atoms with van der Waals surface area (Å²) < 4.78 is 17.7. The molecule has 0 saturated carbocycles. The molecule has 2 N–H and O–H groups in total. The Balaban J connectivity index is 1.12. The lowest BCUT2D eigenvalue weighted by molar-refractivity contribution is -0.139. The number of aliphatic hydroxyl groups is 2. The van der Waals surface area contributed by atoms with Crippen LogP contribution in [0.3, 0.4) is 0 Å². The van der Waals surface area contributed by atoms with Crippen LogP contribution in [0.25, 0.3) is 0 Å². The molecule has 2 saturated heterocycles. The fourth-order valence-corrected chi connectivity index (χ4v) is 7.25. The van der Waals surface area contributed by atoms with Gasteiger partial charge in [0.05, 0.1) is 36.6 Å². The van der Waals surface area contributed by atoms with Crippen LogP contribution in [0.4, 0.5) is 0 Å². The highest BCUT2D eigenvalue weighted by molar-refractivity contribution is 5.90. The van der Waals surface area contributed by atoms with Gasteiger partial charge in [-0.15, -0.1) is 0 Å². The van der Waals surface area contributed by atoms with E-state index in [0.29, 0.717) is 0 Å². The summed E-state index contributed by atoms with van der Waals surface area (Å²) in [4.78, 5) is 11.6. The van der Waals surface area contributed by atoms with Crippen molar-refractivity contribution in [2.45, 2.75) is 217 Å². The molecule has 6 heteroatoms. The van der Waals surface area contributed by atoms with Crippen molar-refractivity contribution in [2.75, 3.05) is 0 Å². The molecule has 0 aliphatic carbocycles. The van der Waals surface area contributed by atoms with E-state index < -0.39 is 0 Å². The Morgan fingerprint density at radius 3 is 1.49 bits per heavy atom. The predicted molar refractivity (Wildman–Crippen MR) is 174 cm³/mol. The quantitative estimate of drug-likeness (QED) is 0.0797. The van der Waals surface area contributed by atoms with Gasteiger partial charge in [-0.2, -0.15) is 0 Å². The molecule has 0 unspecified atom stereocenters. The van der Waals surface area contributed by atoms with E-state index in [1.54, 1.807) is 0 Å².